The Morgan fingerprint density at radius 3 is 2.18 bits per heavy atom. The monoisotopic (exact) mass is 468 g/mol. The van der Waals surface area contributed by atoms with Crippen molar-refractivity contribution in [2.45, 2.75) is 13.1 Å². The molecule has 0 saturated carbocycles. The van der Waals surface area contributed by atoms with Gasteiger partial charge in [-0.2, -0.15) is 13.2 Å². The van der Waals surface area contributed by atoms with Gasteiger partial charge in [-0.05, 0) is 31.2 Å². The van der Waals surface area contributed by atoms with Crippen LogP contribution in [0.3, 0.4) is 0 Å². The molecule has 0 radical (unpaired) electrons. The van der Waals surface area contributed by atoms with Gasteiger partial charge in [-0.3, -0.25) is 25.0 Å². The first kappa shape index (κ1) is 23.8. The lowest BCUT2D eigenvalue weighted by Crippen LogP contribution is -2.49. The summed E-state index contributed by atoms with van der Waals surface area (Å²) in [5, 5.41) is 22.6. The van der Waals surface area contributed by atoms with Gasteiger partial charge in [0.1, 0.15) is 5.69 Å². The van der Waals surface area contributed by atoms with Crippen molar-refractivity contribution in [1.82, 2.24) is 4.90 Å². The Morgan fingerprint density at radius 2 is 1.64 bits per heavy atom. The van der Waals surface area contributed by atoms with E-state index >= 15 is 0 Å². The molecule has 1 saturated heterocycles. The second-order valence-corrected chi connectivity index (χ2v) is 7.11. The maximum Gasteiger partial charge on any atom is 0.416 e. The van der Waals surface area contributed by atoms with Crippen molar-refractivity contribution < 1.29 is 32.5 Å². The van der Waals surface area contributed by atoms with Crippen LogP contribution in [0.4, 0.5) is 30.2 Å². The van der Waals surface area contributed by atoms with Gasteiger partial charge in [-0.1, -0.05) is 0 Å². The number of hydrogen-bond donors (Lipinski definition) is 0. The van der Waals surface area contributed by atoms with Crippen molar-refractivity contribution in [1.29, 1.82) is 0 Å². The van der Waals surface area contributed by atoms with Crippen molar-refractivity contribution in [3.05, 3.63) is 67.8 Å². The molecular weight excluding hydrogens is 449 g/mol. The number of amides is 1. The topological polar surface area (TPSA) is 119 Å². The molecule has 3 rings (SSSR count). The zero-order valence-corrected chi connectivity index (χ0v) is 17.4. The van der Waals surface area contributed by atoms with Gasteiger partial charge in [0.05, 0.1) is 22.0 Å². The van der Waals surface area contributed by atoms with Crippen molar-refractivity contribution in [3.63, 3.8) is 0 Å². The maximum absolute atomic E-state index is 12.9. The Bertz CT molecular complexity index is 1080. The number of carbonyl (C=O) groups excluding carboxylic acids is 1. The first-order valence-corrected chi connectivity index (χ1v) is 9.84. The van der Waals surface area contributed by atoms with Crippen LogP contribution < -0.4 is 9.64 Å². The molecule has 33 heavy (non-hydrogen) atoms. The summed E-state index contributed by atoms with van der Waals surface area (Å²) in [6.07, 6.45) is -4.71. The average molecular weight is 468 g/mol. The van der Waals surface area contributed by atoms with Gasteiger partial charge in [0.15, 0.2) is 5.75 Å². The molecule has 2 aromatic carbocycles. The summed E-state index contributed by atoms with van der Waals surface area (Å²) in [6, 6.07) is 6.20. The number of piperazine rings is 1. The zero-order chi connectivity index (χ0) is 24.3. The van der Waals surface area contributed by atoms with Crippen molar-refractivity contribution in [2.75, 3.05) is 37.7 Å². The number of alkyl halides is 3. The van der Waals surface area contributed by atoms with Gasteiger partial charge in [0, 0.05) is 43.9 Å². The molecule has 1 heterocycles. The summed E-state index contributed by atoms with van der Waals surface area (Å²) in [5.74, 6) is -0.429. The van der Waals surface area contributed by atoms with Crippen LogP contribution in [-0.2, 0) is 6.18 Å². The lowest BCUT2D eigenvalue weighted by molar-refractivity contribution is -0.385. The molecule has 0 aromatic heterocycles. The van der Waals surface area contributed by atoms with E-state index in [1.807, 2.05) is 0 Å². The summed E-state index contributed by atoms with van der Waals surface area (Å²) >= 11 is 0. The van der Waals surface area contributed by atoms with E-state index in [-0.39, 0.29) is 55.5 Å². The minimum Gasteiger partial charge on any atom is -0.487 e. The zero-order valence-electron chi connectivity index (χ0n) is 17.4. The Balaban J connectivity index is 1.76. The van der Waals surface area contributed by atoms with Crippen molar-refractivity contribution in [2.24, 2.45) is 0 Å². The first-order chi connectivity index (χ1) is 15.5. The van der Waals surface area contributed by atoms with Crippen LogP contribution in [0.15, 0.2) is 36.4 Å². The Kier molecular flexibility index (Phi) is 6.70. The van der Waals surface area contributed by atoms with E-state index in [1.54, 1.807) is 6.92 Å². The number of carbonyl (C=O) groups is 1. The summed E-state index contributed by atoms with van der Waals surface area (Å²) in [7, 11) is 0. The molecule has 0 unspecified atom stereocenters. The first-order valence-electron chi connectivity index (χ1n) is 9.84. The van der Waals surface area contributed by atoms with Gasteiger partial charge in [0.25, 0.3) is 11.6 Å². The second-order valence-electron chi connectivity index (χ2n) is 7.11. The highest BCUT2D eigenvalue weighted by molar-refractivity contribution is 5.95. The minimum absolute atomic E-state index is 0.0248. The third kappa shape index (κ3) is 5.13. The molecule has 0 bridgehead atoms. The molecule has 1 aliphatic heterocycles. The summed E-state index contributed by atoms with van der Waals surface area (Å²) < 4.78 is 44.0. The number of nitrogens with zero attached hydrogens (tertiary/aromatic N) is 4. The van der Waals surface area contributed by atoms with Gasteiger partial charge in [-0.25, -0.2) is 0 Å². The van der Waals surface area contributed by atoms with Gasteiger partial charge in [-0.15, -0.1) is 0 Å². The van der Waals surface area contributed by atoms with Crippen LogP contribution in [0.25, 0.3) is 0 Å². The molecule has 0 N–H and O–H groups in total. The Morgan fingerprint density at radius 1 is 1.00 bits per heavy atom. The van der Waals surface area contributed by atoms with E-state index in [9.17, 15) is 38.2 Å². The smallest absolute Gasteiger partial charge is 0.416 e. The van der Waals surface area contributed by atoms with E-state index < -0.39 is 33.2 Å². The molecule has 1 aliphatic rings. The largest absolute Gasteiger partial charge is 0.487 e. The van der Waals surface area contributed by atoms with Crippen LogP contribution in [-0.4, -0.2) is 53.4 Å². The highest BCUT2D eigenvalue weighted by Gasteiger charge is 2.34. The number of rotatable bonds is 6. The molecule has 0 atom stereocenters. The number of nitro benzene ring substituents is 2. The Hall–Kier alpha value is -3.90. The highest BCUT2D eigenvalue weighted by Crippen LogP contribution is 2.37. The van der Waals surface area contributed by atoms with Crippen molar-refractivity contribution in [3.8, 4) is 5.75 Å². The third-order valence-electron chi connectivity index (χ3n) is 5.11. The molecule has 0 aliphatic carbocycles. The average Bonchev–Trinajstić information content (AvgIpc) is 2.78. The van der Waals surface area contributed by atoms with Crippen LogP contribution in [0, 0.1) is 20.2 Å². The number of hydrogen-bond acceptors (Lipinski definition) is 7. The number of halogens is 3. The molecule has 0 spiro atoms. The lowest BCUT2D eigenvalue weighted by Gasteiger charge is -2.36. The van der Waals surface area contributed by atoms with Crippen LogP contribution >= 0.6 is 0 Å². The molecule has 2 aromatic rings. The molecule has 176 valence electrons. The number of nitro groups is 2. The third-order valence-corrected chi connectivity index (χ3v) is 5.11. The normalized spacial score (nSPS) is 14.2. The number of ether oxygens (including phenoxy) is 1. The molecular formula is C20H19F3N4O6. The second kappa shape index (κ2) is 9.30. The quantitative estimate of drug-likeness (QED) is 0.466. The predicted molar refractivity (Wildman–Crippen MR) is 110 cm³/mol. The molecule has 1 fully saturated rings. The highest BCUT2D eigenvalue weighted by atomic mass is 19.4. The maximum atomic E-state index is 12.9. The molecule has 10 nitrogen and oxygen atoms in total. The Labute approximate surface area is 185 Å². The van der Waals surface area contributed by atoms with E-state index in [1.165, 1.54) is 21.9 Å². The van der Waals surface area contributed by atoms with Crippen molar-refractivity contribution >= 4 is 23.0 Å². The van der Waals surface area contributed by atoms with Crippen LogP contribution in [0.1, 0.15) is 22.8 Å². The van der Waals surface area contributed by atoms with Crippen LogP contribution in [0.2, 0.25) is 0 Å². The molecule has 13 heteroatoms. The fraction of sp³-hybridized carbons (Fsp3) is 0.350. The number of anilines is 1. The summed E-state index contributed by atoms with van der Waals surface area (Å²) in [4.78, 5) is 36.9. The van der Waals surface area contributed by atoms with E-state index in [4.69, 9.17) is 4.74 Å². The van der Waals surface area contributed by atoms with Gasteiger partial charge < -0.3 is 14.5 Å². The van der Waals surface area contributed by atoms with Gasteiger partial charge in [0.2, 0.25) is 0 Å². The van der Waals surface area contributed by atoms with E-state index in [2.05, 4.69) is 0 Å². The standard InChI is InChI=1S/C20H19F3N4O6/c1-2-33-18-6-3-13(11-17(18)27(31)32)19(28)25-9-7-24(8-10-25)15-5-4-14(20(21,22)23)12-16(15)26(29)30/h3-6,11-12H,2,7-10H2,1H3. The van der Waals surface area contributed by atoms with Crippen LogP contribution in [0.5, 0.6) is 5.75 Å². The fourth-order valence-electron chi connectivity index (χ4n) is 3.52. The predicted octanol–water partition coefficient (Wildman–Crippen LogP) is 3.88. The minimum atomic E-state index is -4.71. The number of benzene rings is 2. The molecule has 1 amide bonds. The summed E-state index contributed by atoms with van der Waals surface area (Å²) in [5.41, 5.74) is -2.03. The summed E-state index contributed by atoms with van der Waals surface area (Å²) in [6.45, 7) is 2.40. The SMILES string of the molecule is CCOc1ccc(C(=O)N2CCN(c3ccc(C(F)(F)F)cc3[N+](=O)[O-])CC2)cc1[N+](=O)[O-]. The lowest BCUT2D eigenvalue weighted by atomic mass is 10.1. The van der Waals surface area contributed by atoms with Gasteiger partial charge >= 0.3 is 11.9 Å². The van der Waals surface area contributed by atoms with E-state index in [0.717, 1.165) is 18.2 Å². The fourth-order valence-corrected chi connectivity index (χ4v) is 3.52. The van der Waals surface area contributed by atoms with E-state index in [0.29, 0.717) is 6.07 Å².